The van der Waals surface area contributed by atoms with E-state index >= 15 is 0 Å². The van der Waals surface area contributed by atoms with E-state index < -0.39 is 0 Å². The highest BCUT2D eigenvalue weighted by atomic mass is 79.9. The fourth-order valence-corrected chi connectivity index (χ4v) is 3.27. The summed E-state index contributed by atoms with van der Waals surface area (Å²) in [6.07, 6.45) is 2.66. The first-order chi connectivity index (χ1) is 11.1. The van der Waals surface area contributed by atoms with Crippen molar-refractivity contribution in [3.8, 4) is 0 Å². The summed E-state index contributed by atoms with van der Waals surface area (Å²) < 4.78 is 2.88. The second-order valence-corrected chi connectivity index (χ2v) is 6.69. The number of carbonyl (C=O) groups is 1. The Labute approximate surface area is 142 Å². The lowest BCUT2D eigenvalue weighted by molar-refractivity contribution is 0.0732. The van der Waals surface area contributed by atoms with Gasteiger partial charge in [-0.25, -0.2) is 9.50 Å². The average Bonchev–Trinajstić information content (AvgIpc) is 2.95. The number of carbonyl (C=O) groups excluding carboxylic acids is 1. The molecule has 3 heterocycles. The van der Waals surface area contributed by atoms with Gasteiger partial charge in [0.05, 0.1) is 11.4 Å². The number of hydrogen-bond acceptors (Lipinski definition) is 3. The maximum absolute atomic E-state index is 12.7. The third kappa shape index (κ3) is 2.53. The molecule has 0 spiro atoms. The molecule has 4 rings (SSSR count). The molecule has 1 amide bonds. The van der Waals surface area contributed by atoms with Gasteiger partial charge in [0.25, 0.3) is 5.91 Å². The maximum atomic E-state index is 12.7. The second kappa shape index (κ2) is 5.45. The van der Waals surface area contributed by atoms with Gasteiger partial charge in [-0.1, -0.05) is 15.9 Å². The molecule has 0 atom stereocenters. The minimum atomic E-state index is 0.0555. The van der Waals surface area contributed by atoms with Crippen LogP contribution in [0, 0.1) is 6.92 Å². The van der Waals surface area contributed by atoms with Gasteiger partial charge in [-0.2, -0.15) is 5.10 Å². The van der Waals surface area contributed by atoms with E-state index in [1.54, 1.807) is 0 Å². The van der Waals surface area contributed by atoms with E-state index in [1.165, 1.54) is 0 Å². The second-order valence-electron chi connectivity index (χ2n) is 5.77. The summed E-state index contributed by atoms with van der Waals surface area (Å²) in [5, 5.41) is 4.51. The van der Waals surface area contributed by atoms with Crippen LogP contribution in [0.4, 0.5) is 0 Å². The summed E-state index contributed by atoms with van der Waals surface area (Å²) in [5.41, 5.74) is 4.76. The Kier molecular flexibility index (Phi) is 3.41. The number of benzene rings is 1. The van der Waals surface area contributed by atoms with E-state index in [0.29, 0.717) is 18.7 Å². The van der Waals surface area contributed by atoms with Gasteiger partial charge in [-0.3, -0.25) is 4.79 Å². The van der Waals surface area contributed by atoms with Crippen LogP contribution in [-0.4, -0.2) is 31.9 Å². The fraction of sp³-hybridized carbons (Fsp3) is 0.235. The van der Waals surface area contributed by atoms with Crippen LogP contribution in [0.25, 0.3) is 5.65 Å². The Hall–Kier alpha value is -2.21. The zero-order valence-electron chi connectivity index (χ0n) is 12.7. The minimum Gasteiger partial charge on any atom is -0.334 e. The summed E-state index contributed by atoms with van der Waals surface area (Å²) in [6.45, 7) is 3.24. The number of rotatable bonds is 1. The van der Waals surface area contributed by atoms with Crippen molar-refractivity contribution in [3.63, 3.8) is 0 Å². The van der Waals surface area contributed by atoms with Crippen molar-refractivity contribution in [2.24, 2.45) is 0 Å². The highest BCUT2D eigenvalue weighted by molar-refractivity contribution is 9.10. The number of fused-ring (bicyclic) bond motifs is 3. The number of halogens is 1. The van der Waals surface area contributed by atoms with E-state index in [4.69, 9.17) is 0 Å². The predicted octanol–water partition coefficient (Wildman–Crippen LogP) is 3.00. The van der Waals surface area contributed by atoms with Gasteiger partial charge in [-0.15, -0.1) is 0 Å². The molecule has 0 unspecified atom stereocenters. The Balaban J connectivity index is 1.64. The van der Waals surface area contributed by atoms with Gasteiger partial charge in [0.15, 0.2) is 5.65 Å². The molecule has 1 aliphatic rings. The highest BCUT2D eigenvalue weighted by Crippen LogP contribution is 2.21. The Bertz CT molecular complexity index is 901. The molecule has 116 valence electrons. The number of aryl methyl sites for hydroxylation is 1. The maximum Gasteiger partial charge on any atom is 0.254 e. The first-order valence-corrected chi connectivity index (χ1v) is 8.29. The third-order valence-electron chi connectivity index (χ3n) is 4.15. The summed E-state index contributed by atoms with van der Waals surface area (Å²) in [5.74, 6) is 0.0555. The van der Waals surface area contributed by atoms with Crippen LogP contribution < -0.4 is 0 Å². The van der Waals surface area contributed by atoms with E-state index in [1.807, 2.05) is 52.9 Å². The van der Waals surface area contributed by atoms with Crippen LogP contribution in [0.3, 0.4) is 0 Å². The lowest BCUT2D eigenvalue weighted by Gasteiger charge is -2.28. The van der Waals surface area contributed by atoms with Crippen molar-refractivity contribution in [1.29, 1.82) is 0 Å². The smallest absolute Gasteiger partial charge is 0.254 e. The fourth-order valence-electron chi connectivity index (χ4n) is 3.00. The van der Waals surface area contributed by atoms with Crippen molar-refractivity contribution >= 4 is 27.5 Å². The minimum absolute atomic E-state index is 0.0555. The number of aromatic nitrogens is 3. The quantitative estimate of drug-likeness (QED) is 0.661. The molecule has 0 saturated carbocycles. The van der Waals surface area contributed by atoms with Gasteiger partial charge < -0.3 is 4.90 Å². The average molecular weight is 371 g/mol. The van der Waals surface area contributed by atoms with E-state index in [9.17, 15) is 4.79 Å². The molecule has 0 saturated heterocycles. The monoisotopic (exact) mass is 370 g/mol. The first kappa shape index (κ1) is 14.4. The van der Waals surface area contributed by atoms with Crippen molar-refractivity contribution < 1.29 is 4.79 Å². The lowest BCUT2D eigenvalue weighted by Crippen LogP contribution is -2.37. The summed E-state index contributed by atoms with van der Waals surface area (Å²) in [6, 6.07) is 9.45. The predicted molar refractivity (Wildman–Crippen MR) is 90.3 cm³/mol. The first-order valence-electron chi connectivity index (χ1n) is 7.50. The molecule has 5 nitrogen and oxygen atoms in total. The van der Waals surface area contributed by atoms with Crippen molar-refractivity contribution in [3.05, 3.63) is 63.5 Å². The summed E-state index contributed by atoms with van der Waals surface area (Å²) in [7, 11) is 0. The van der Waals surface area contributed by atoms with Crippen LogP contribution in [0.2, 0.25) is 0 Å². The molecule has 0 bridgehead atoms. The van der Waals surface area contributed by atoms with Gasteiger partial charge in [0.2, 0.25) is 0 Å². The Morgan fingerprint density at radius 3 is 2.83 bits per heavy atom. The molecule has 3 aromatic rings. The van der Waals surface area contributed by atoms with Crippen LogP contribution >= 0.6 is 15.9 Å². The van der Waals surface area contributed by atoms with Crippen molar-refractivity contribution in [2.75, 3.05) is 6.54 Å². The molecule has 0 aliphatic carbocycles. The molecule has 0 N–H and O–H groups in total. The summed E-state index contributed by atoms with van der Waals surface area (Å²) >= 11 is 3.39. The van der Waals surface area contributed by atoms with E-state index in [0.717, 1.165) is 33.5 Å². The SMILES string of the molecule is Cc1cc2ncc3c(n2n1)CCN(C(=O)c1ccc(Br)cc1)C3. The van der Waals surface area contributed by atoms with E-state index in [2.05, 4.69) is 26.0 Å². The molecular formula is C17H15BrN4O. The topological polar surface area (TPSA) is 50.5 Å². The third-order valence-corrected chi connectivity index (χ3v) is 4.68. The molecule has 23 heavy (non-hydrogen) atoms. The van der Waals surface area contributed by atoms with Crippen LogP contribution in [0.5, 0.6) is 0 Å². The lowest BCUT2D eigenvalue weighted by atomic mass is 10.1. The zero-order valence-corrected chi connectivity index (χ0v) is 14.2. The molecule has 1 aromatic carbocycles. The number of nitrogens with zero attached hydrogens (tertiary/aromatic N) is 4. The van der Waals surface area contributed by atoms with Crippen LogP contribution in [0.15, 0.2) is 41.0 Å². The number of hydrogen-bond donors (Lipinski definition) is 0. The highest BCUT2D eigenvalue weighted by Gasteiger charge is 2.24. The Morgan fingerprint density at radius 2 is 2.04 bits per heavy atom. The van der Waals surface area contributed by atoms with Crippen LogP contribution in [-0.2, 0) is 13.0 Å². The van der Waals surface area contributed by atoms with Gasteiger partial charge in [-0.05, 0) is 31.2 Å². The van der Waals surface area contributed by atoms with Crippen molar-refractivity contribution in [2.45, 2.75) is 19.9 Å². The Morgan fingerprint density at radius 1 is 1.26 bits per heavy atom. The van der Waals surface area contributed by atoms with Gasteiger partial charge in [0.1, 0.15) is 0 Å². The van der Waals surface area contributed by atoms with Gasteiger partial charge >= 0.3 is 0 Å². The summed E-state index contributed by atoms with van der Waals surface area (Å²) in [4.78, 5) is 19.0. The zero-order chi connectivity index (χ0) is 16.0. The normalized spacial score (nSPS) is 14.1. The molecule has 0 radical (unpaired) electrons. The standard InChI is InChI=1S/C17H15BrN4O/c1-11-8-16-19-9-13-10-21(7-6-15(13)22(16)20-11)17(23)12-2-4-14(18)5-3-12/h2-5,8-9H,6-7,10H2,1H3. The molecular weight excluding hydrogens is 356 g/mol. The number of amides is 1. The molecule has 0 fully saturated rings. The van der Waals surface area contributed by atoms with E-state index in [-0.39, 0.29) is 5.91 Å². The van der Waals surface area contributed by atoms with Crippen molar-refractivity contribution in [1.82, 2.24) is 19.5 Å². The molecule has 1 aliphatic heterocycles. The largest absolute Gasteiger partial charge is 0.334 e. The molecule has 2 aromatic heterocycles. The van der Waals surface area contributed by atoms with Gasteiger partial charge in [0, 0.05) is 47.4 Å². The van der Waals surface area contributed by atoms with Crippen LogP contribution in [0.1, 0.15) is 27.3 Å². The molecule has 6 heteroatoms.